The largest absolute Gasteiger partial charge is 0.337 e. The van der Waals surface area contributed by atoms with E-state index in [4.69, 9.17) is 0 Å². The van der Waals surface area contributed by atoms with Crippen LogP contribution in [-0.2, 0) is 24.0 Å². The summed E-state index contributed by atoms with van der Waals surface area (Å²) in [6.07, 6.45) is 5.31. The van der Waals surface area contributed by atoms with Gasteiger partial charge in [0.1, 0.15) is 23.0 Å². The van der Waals surface area contributed by atoms with E-state index in [9.17, 15) is 24.0 Å². The van der Waals surface area contributed by atoms with Crippen molar-refractivity contribution in [3.05, 3.63) is 53.4 Å². The Morgan fingerprint density at radius 1 is 1.11 bits per heavy atom. The third kappa shape index (κ3) is 7.07. The number of carbonyl (C=O) groups is 5. The highest BCUT2D eigenvalue weighted by Gasteiger charge is 2.39. The molecule has 0 spiro atoms. The van der Waals surface area contributed by atoms with Gasteiger partial charge in [0.25, 0.3) is 11.8 Å². The molecule has 9 nitrogen and oxygen atoms in total. The van der Waals surface area contributed by atoms with Crippen LogP contribution < -0.4 is 16.0 Å². The average molecular weight is 513 g/mol. The second kappa shape index (κ2) is 12.0. The molecule has 3 N–H and O–H groups in total. The van der Waals surface area contributed by atoms with Crippen molar-refractivity contribution in [2.45, 2.75) is 58.0 Å². The maximum absolute atomic E-state index is 13.5. The number of allylic oxidation sites excluding steroid dienone is 1. The van der Waals surface area contributed by atoms with Crippen molar-refractivity contribution in [1.29, 1.82) is 0 Å². The summed E-state index contributed by atoms with van der Waals surface area (Å²) in [7, 11) is 0. The molecular weight excluding hydrogens is 480 g/mol. The zero-order valence-electron chi connectivity index (χ0n) is 20.8. The normalized spacial score (nSPS) is 22.9. The van der Waals surface area contributed by atoms with E-state index >= 15 is 0 Å². The molecule has 0 radical (unpaired) electrons. The van der Waals surface area contributed by atoms with Gasteiger partial charge < -0.3 is 20.9 Å². The summed E-state index contributed by atoms with van der Waals surface area (Å²) in [5.74, 6) is -1.49. The molecule has 2 saturated heterocycles. The Bertz CT molecular complexity index is 1100. The molecule has 1 atom stereocenters. The van der Waals surface area contributed by atoms with Gasteiger partial charge in [0.05, 0.1) is 0 Å². The maximum Gasteiger partial charge on any atom is 0.271 e. The summed E-state index contributed by atoms with van der Waals surface area (Å²) in [4.78, 5) is 65.6. The highest BCUT2D eigenvalue weighted by molar-refractivity contribution is 8.13. The lowest BCUT2D eigenvalue weighted by atomic mass is 10.0. The van der Waals surface area contributed by atoms with Gasteiger partial charge in [-0.05, 0) is 51.2 Å². The summed E-state index contributed by atoms with van der Waals surface area (Å²) in [6, 6.07) is 8.31. The van der Waals surface area contributed by atoms with Crippen LogP contribution in [0.3, 0.4) is 0 Å². The molecule has 0 unspecified atom stereocenters. The molecule has 2 aliphatic rings. The maximum atomic E-state index is 13.5. The number of fused-ring (bicyclic) bond motifs is 1. The summed E-state index contributed by atoms with van der Waals surface area (Å²) in [5, 5.41) is 8.05. The first-order chi connectivity index (χ1) is 17.1. The Kier molecular flexibility index (Phi) is 9.08. The fraction of sp³-hybridized carbons (Fsp3) is 0.423. The van der Waals surface area contributed by atoms with Gasteiger partial charge in [-0.2, -0.15) is 0 Å². The van der Waals surface area contributed by atoms with Crippen molar-refractivity contribution in [3.63, 3.8) is 0 Å². The van der Waals surface area contributed by atoms with E-state index in [0.717, 1.165) is 0 Å². The van der Waals surface area contributed by atoms with Crippen LogP contribution in [0.25, 0.3) is 6.08 Å². The first kappa shape index (κ1) is 27.2. The highest BCUT2D eigenvalue weighted by atomic mass is 32.2. The molecular formula is C26H32N4O5S. The summed E-state index contributed by atoms with van der Waals surface area (Å²) in [6.45, 7) is 4.90. The molecule has 2 heterocycles. The van der Waals surface area contributed by atoms with Gasteiger partial charge in [0, 0.05) is 19.2 Å². The van der Waals surface area contributed by atoms with Gasteiger partial charge in [0.15, 0.2) is 5.12 Å². The van der Waals surface area contributed by atoms with Gasteiger partial charge in [-0.25, -0.2) is 0 Å². The van der Waals surface area contributed by atoms with E-state index in [0.29, 0.717) is 43.5 Å². The van der Waals surface area contributed by atoms with Crippen LogP contribution in [0.15, 0.2) is 47.8 Å². The van der Waals surface area contributed by atoms with Crippen LogP contribution in [0.1, 0.15) is 52.0 Å². The zero-order valence-corrected chi connectivity index (χ0v) is 21.6. The van der Waals surface area contributed by atoms with Crippen molar-refractivity contribution in [2.75, 3.05) is 12.3 Å². The second-order valence-electron chi connectivity index (χ2n) is 9.25. The lowest BCUT2D eigenvalue weighted by Crippen LogP contribution is -2.58. The number of hydrogen-bond acceptors (Lipinski definition) is 6. The standard InChI is InChI=1S/C26H32N4O5S/c1-17(31)36-15-8-7-12-19-22(32)29-26(2,3)25(35)28-20(16-18-10-5-4-6-11-18)24(34)30-14-9-13-21(30)23(33)27-19/h4-6,10-12,16,21H,7-9,13-15H2,1-3H3,(H,27,33)(H,28,35)(H,29,32)/b19-12-,20-16-/t21-/m1/s1. The molecule has 0 aromatic heterocycles. The highest BCUT2D eigenvalue weighted by Crippen LogP contribution is 2.22. The van der Waals surface area contributed by atoms with Gasteiger partial charge in [-0.15, -0.1) is 0 Å². The van der Waals surface area contributed by atoms with E-state index < -0.39 is 35.2 Å². The molecule has 0 saturated carbocycles. The fourth-order valence-electron chi connectivity index (χ4n) is 3.95. The minimum Gasteiger partial charge on any atom is -0.337 e. The molecule has 2 aliphatic heterocycles. The predicted octanol–water partition coefficient (Wildman–Crippen LogP) is 2.10. The van der Waals surface area contributed by atoms with Gasteiger partial charge >= 0.3 is 0 Å². The molecule has 2 fully saturated rings. The Morgan fingerprint density at radius 3 is 2.53 bits per heavy atom. The van der Waals surface area contributed by atoms with Crippen LogP contribution in [0.2, 0.25) is 0 Å². The average Bonchev–Trinajstić information content (AvgIpc) is 3.32. The smallest absolute Gasteiger partial charge is 0.271 e. The molecule has 0 bridgehead atoms. The number of carbonyl (C=O) groups excluding carboxylic acids is 5. The Balaban J connectivity index is 1.93. The molecule has 4 amide bonds. The zero-order chi connectivity index (χ0) is 26.3. The third-order valence-electron chi connectivity index (χ3n) is 5.90. The molecule has 192 valence electrons. The molecule has 10 heteroatoms. The van der Waals surface area contributed by atoms with Crippen LogP contribution in [-0.4, -0.2) is 57.5 Å². The second-order valence-corrected chi connectivity index (χ2v) is 10.5. The number of benzene rings is 1. The number of nitrogens with one attached hydrogen (secondary N) is 3. The SMILES string of the molecule is CC(=O)SCCC/C=C1\NC(=O)[C@H]2CCCN2C(=O)/C(=C/c2ccccc2)NC(=O)C(C)(C)NC1=O. The van der Waals surface area contributed by atoms with Crippen molar-refractivity contribution in [2.24, 2.45) is 0 Å². The Morgan fingerprint density at radius 2 is 1.83 bits per heavy atom. The molecule has 3 rings (SSSR count). The molecule has 0 aliphatic carbocycles. The predicted molar refractivity (Wildman–Crippen MR) is 138 cm³/mol. The topological polar surface area (TPSA) is 125 Å². The van der Waals surface area contributed by atoms with Crippen molar-refractivity contribution >= 4 is 46.6 Å². The summed E-state index contributed by atoms with van der Waals surface area (Å²) < 4.78 is 0. The van der Waals surface area contributed by atoms with Gasteiger partial charge in [0.2, 0.25) is 11.8 Å². The summed E-state index contributed by atoms with van der Waals surface area (Å²) in [5.41, 5.74) is -0.616. The number of rotatable bonds is 5. The lowest BCUT2D eigenvalue weighted by Gasteiger charge is -2.30. The first-order valence-electron chi connectivity index (χ1n) is 11.9. The van der Waals surface area contributed by atoms with E-state index in [2.05, 4.69) is 16.0 Å². The van der Waals surface area contributed by atoms with E-state index in [1.54, 1.807) is 24.3 Å². The lowest BCUT2D eigenvalue weighted by molar-refractivity contribution is -0.138. The van der Waals surface area contributed by atoms with E-state index in [-0.39, 0.29) is 16.5 Å². The Labute approximate surface area is 215 Å². The van der Waals surface area contributed by atoms with E-state index in [1.165, 1.54) is 37.4 Å². The monoisotopic (exact) mass is 512 g/mol. The number of amides is 4. The van der Waals surface area contributed by atoms with Crippen molar-refractivity contribution in [3.8, 4) is 0 Å². The molecule has 1 aromatic rings. The van der Waals surface area contributed by atoms with Gasteiger partial charge in [-0.3, -0.25) is 24.0 Å². The summed E-state index contributed by atoms with van der Waals surface area (Å²) >= 11 is 1.19. The van der Waals surface area contributed by atoms with Crippen LogP contribution in [0, 0.1) is 0 Å². The third-order valence-corrected chi connectivity index (χ3v) is 6.80. The van der Waals surface area contributed by atoms with Crippen LogP contribution in [0.5, 0.6) is 0 Å². The molecule has 36 heavy (non-hydrogen) atoms. The van der Waals surface area contributed by atoms with Crippen molar-refractivity contribution < 1.29 is 24.0 Å². The molecule has 1 aromatic carbocycles. The van der Waals surface area contributed by atoms with Gasteiger partial charge in [-0.1, -0.05) is 48.2 Å². The van der Waals surface area contributed by atoms with Crippen molar-refractivity contribution in [1.82, 2.24) is 20.9 Å². The minimum atomic E-state index is -1.38. The fourth-order valence-corrected chi connectivity index (χ4v) is 4.55. The van der Waals surface area contributed by atoms with E-state index in [1.807, 2.05) is 18.2 Å². The van der Waals surface area contributed by atoms with Crippen LogP contribution in [0.4, 0.5) is 0 Å². The number of hydrogen-bond donors (Lipinski definition) is 3. The minimum absolute atomic E-state index is 0.0131. The quantitative estimate of drug-likeness (QED) is 0.410. The number of thioether (sulfide) groups is 1. The Hall–Kier alpha value is -3.40. The number of nitrogens with zero attached hydrogens (tertiary/aromatic N) is 1. The first-order valence-corrected chi connectivity index (χ1v) is 12.9. The van der Waals surface area contributed by atoms with Crippen LogP contribution >= 0.6 is 11.8 Å². The number of unbranched alkanes of at least 4 members (excludes halogenated alkanes) is 1.